The lowest BCUT2D eigenvalue weighted by Crippen LogP contribution is -2.47. The van der Waals surface area contributed by atoms with Gasteiger partial charge in [-0.05, 0) is 49.6 Å². The van der Waals surface area contributed by atoms with Crippen molar-refractivity contribution in [2.45, 2.75) is 38.0 Å². The number of rotatable bonds is 7. The summed E-state index contributed by atoms with van der Waals surface area (Å²) in [6, 6.07) is 16.3. The Morgan fingerprint density at radius 2 is 1.97 bits per heavy atom. The van der Waals surface area contributed by atoms with Gasteiger partial charge in [-0.25, -0.2) is 0 Å². The Morgan fingerprint density at radius 1 is 1.13 bits per heavy atom. The third kappa shape index (κ3) is 5.01. The number of carbonyl (C=O) groups excluding carboxylic acids is 2. The highest BCUT2D eigenvalue weighted by Crippen LogP contribution is 2.29. The molecule has 2 atom stereocenters. The second-order valence-corrected chi connectivity index (χ2v) is 10.0. The van der Waals surface area contributed by atoms with E-state index < -0.39 is 0 Å². The van der Waals surface area contributed by atoms with Gasteiger partial charge in [-0.1, -0.05) is 29.8 Å². The van der Waals surface area contributed by atoms with Crippen LogP contribution in [0.2, 0.25) is 5.02 Å². The molecule has 6 rings (SSSR count). The van der Waals surface area contributed by atoms with Crippen LogP contribution in [-0.4, -0.2) is 64.8 Å². The van der Waals surface area contributed by atoms with Crippen LogP contribution >= 0.6 is 11.6 Å². The number of likely N-dealkylation sites (tertiary alicyclic amines) is 1. The molecule has 0 aliphatic carbocycles. The number of aliphatic imine (C=N–C) groups is 2. The summed E-state index contributed by atoms with van der Waals surface area (Å²) in [5.74, 6) is 0.953. The maximum absolute atomic E-state index is 13.7. The number of hydrogen-bond donors (Lipinski definition) is 1. The number of fused-ring (bicyclic) bond motifs is 1. The van der Waals surface area contributed by atoms with Crippen molar-refractivity contribution in [1.29, 1.82) is 0 Å². The number of epoxide rings is 1. The van der Waals surface area contributed by atoms with Gasteiger partial charge in [0.2, 0.25) is 5.78 Å². The quantitative estimate of drug-likeness (QED) is 0.348. The van der Waals surface area contributed by atoms with Crippen molar-refractivity contribution in [2.24, 2.45) is 9.98 Å². The van der Waals surface area contributed by atoms with Crippen LogP contribution in [0.4, 0.5) is 0 Å². The summed E-state index contributed by atoms with van der Waals surface area (Å²) in [5, 5.41) is 0.277. The average molecular weight is 531 g/mol. The third-order valence-electron chi connectivity index (χ3n) is 7.07. The van der Waals surface area contributed by atoms with Crippen molar-refractivity contribution in [3.8, 4) is 11.5 Å². The second kappa shape index (κ2) is 10.6. The molecule has 2 fully saturated rings. The Hall–Kier alpha value is -3.75. The third-order valence-corrected chi connectivity index (χ3v) is 7.38. The van der Waals surface area contributed by atoms with Gasteiger partial charge in [0, 0.05) is 35.6 Å². The SMILES string of the molecule is O=C(C1=NCc2[nH]ccc2C1=NCC1CCCCN1C(=O)C1CO1)c1ccc(Oc2ccccc2)cc1Cl. The van der Waals surface area contributed by atoms with E-state index in [1.54, 1.807) is 18.2 Å². The summed E-state index contributed by atoms with van der Waals surface area (Å²) in [6.07, 6.45) is 4.38. The fourth-order valence-corrected chi connectivity index (χ4v) is 5.26. The lowest BCUT2D eigenvalue weighted by atomic mass is 9.95. The Kier molecular flexibility index (Phi) is 6.82. The molecule has 9 heteroatoms. The normalized spacial score (nSPS) is 21.6. The number of H-pyrrole nitrogens is 1. The second-order valence-electron chi connectivity index (χ2n) is 9.61. The molecule has 0 bridgehead atoms. The molecular weight excluding hydrogens is 504 g/mol. The molecule has 1 N–H and O–H groups in total. The van der Waals surface area contributed by atoms with Gasteiger partial charge in [-0.2, -0.15) is 0 Å². The average Bonchev–Trinajstić information content (AvgIpc) is 3.68. The number of para-hydroxylation sites is 1. The first-order chi connectivity index (χ1) is 18.6. The highest BCUT2D eigenvalue weighted by Gasteiger charge is 2.39. The van der Waals surface area contributed by atoms with Crippen molar-refractivity contribution < 1.29 is 19.1 Å². The molecule has 2 aromatic carbocycles. The van der Waals surface area contributed by atoms with Gasteiger partial charge in [-0.3, -0.25) is 19.6 Å². The van der Waals surface area contributed by atoms with Crippen molar-refractivity contribution in [1.82, 2.24) is 9.88 Å². The number of carbonyl (C=O) groups is 2. The lowest BCUT2D eigenvalue weighted by molar-refractivity contribution is -0.135. The Balaban J connectivity index is 1.26. The molecule has 0 spiro atoms. The molecule has 2 saturated heterocycles. The number of piperidine rings is 1. The van der Waals surface area contributed by atoms with Gasteiger partial charge in [-0.15, -0.1) is 0 Å². The van der Waals surface area contributed by atoms with Crippen LogP contribution in [0.3, 0.4) is 0 Å². The number of ketones is 1. The fraction of sp³-hybridized carbons (Fsp3) is 0.310. The molecule has 3 aliphatic rings. The van der Waals surface area contributed by atoms with Crippen LogP contribution in [0.25, 0.3) is 0 Å². The largest absolute Gasteiger partial charge is 0.457 e. The number of aromatic amines is 1. The van der Waals surface area contributed by atoms with E-state index in [4.69, 9.17) is 26.1 Å². The van der Waals surface area contributed by atoms with Gasteiger partial charge in [0.05, 0.1) is 36.5 Å². The molecule has 2 unspecified atom stereocenters. The summed E-state index contributed by atoms with van der Waals surface area (Å²) in [4.78, 5) is 41.1. The fourth-order valence-electron chi connectivity index (χ4n) is 5.01. The van der Waals surface area contributed by atoms with Crippen LogP contribution in [-0.2, 0) is 16.1 Å². The number of ether oxygens (including phenoxy) is 2. The van der Waals surface area contributed by atoms with E-state index in [2.05, 4.69) is 9.98 Å². The van der Waals surface area contributed by atoms with Crippen LogP contribution in [0, 0.1) is 0 Å². The standard InChI is InChI=1S/C29H27ClN4O4/c30-23-14-20(38-19-7-2-1-3-8-19)9-10-21(23)28(35)27-26(22-11-12-31-24(22)16-33-27)32-15-18-6-4-5-13-34(18)29(36)25-17-37-25/h1-3,7-12,14,18,25,31H,4-6,13,15-17H2. The number of nitrogens with zero attached hydrogens (tertiary/aromatic N) is 3. The number of amides is 1. The van der Waals surface area contributed by atoms with Crippen molar-refractivity contribution in [3.05, 3.63) is 82.6 Å². The minimum Gasteiger partial charge on any atom is -0.457 e. The molecule has 3 aliphatic heterocycles. The van der Waals surface area contributed by atoms with Crippen LogP contribution < -0.4 is 4.74 Å². The van der Waals surface area contributed by atoms with Crippen LogP contribution in [0.1, 0.15) is 40.9 Å². The zero-order valence-corrected chi connectivity index (χ0v) is 21.5. The van der Waals surface area contributed by atoms with Crippen molar-refractivity contribution >= 4 is 34.7 Å². The van der Waals surface area contributed by atoms with Crippen molar-refractivity contribution in [2.75, 3.05) is 19.7 Å². The number of halogens is 1. The summed E-state index contributed by atoms with van der Waals surface area (Å²) < 4.78 is 11.1. The van der Waals surface area contributed by atoms with E-state index in [0.29, 0.717) is 49.0 Å². The monoisotopic (exact) mass is 530 g/mol. The summed E-state index contributed by atoms with van der Waals surface area (Å²) in [5.41, 5.74) is 2.88. The molecule has 0 saturated carbocycles. The van der Waals surface area contributed by atoms with Gasteiger partial charge in [0.25, 0.3) is 5.91 Å². The highest BCUT2D eigenvalue weighted by atomic mass is 35.5. The smallest absolute Gasteiger partial charge is 0.254 e. The molecule has 1 aromatic heterocycles. The molecule has 194 valence electrons. The van der Waals surface area contributed by atoms with Gasteiger partial charge >= 0.3 is 0 Å². The molecular formula is C29H27ClN4O4. The molecule has 0 radical (unpaired) electrons. The van der Waals surface area contributed by atoms with E-state index in [1.165, 1.54) is 0 Å². The zero-order valence-electron chi connectivity index (χ0n) is 20.7. The van der Waals surface area contributed by atoms with E-state index in [9.17, 15) is 9.59 Å². The minimum atomic E-state index is -0.316. The highest BCUT2D eigenvalue weighted by molar-refractivity contribution is 6.74. The predicted octanol–water partition coefficient (Wildman–Crippen LogP) is 4.87. The molecule has 3 aromatic rings. The maximum atomic E-state index is 13.7. The van der Waals surface area contributed by atoms with E-state index in [0.717, 1.165) is 30.5 Å². The van der Waals surface area contributed by atoms with Crippen LogP contribution in [0.5, 0.6) is 11.5 Å². The van der Waals surface area contributed by atoms with Gasteiger partial charge < -0.3 is 19.4 Å². The Labute approximate surface area is 225 Å². The van der Waals surface area contributed by atoms with E-state index >= 15 is 0 Å². The van der Waals surface area contributed by atoms with E-state index in [-0.39, 0.29) is 34.6 Å². The first-order valence-electron chi connectivity index (χ1n) is 12.8. The number of Topliss-reactive ketones (excluding diaryl/α,β-unsaturated/α-hetero) is 1. The Bertz CT molecular complexity index is 1430. The number of benzene rings is 2. The first kappa shape index (κ1) is 24.6. The van der Waals surface area contributed by atoms with Crippen LogP contribution in [0.15, 0.2) is 70.8 Å². The topological polar surface area (TPSA) is 99.7 Å². The minimum absolute atomic E-state index is 0.0355. The van der Waals surface area contributed by atoms with Gasteiger partial charge in [0.1, 0.15) is 17.2 Å². The summed E-state index contributed by atoms with van der Waals surface area (Å²) in [6.45, 7) is 1.94. The predicted molar refractivity (Wildman–Crippen MR) is 145 cm³/mol. The maximum Gasteiger partial charge on any atom is 0.254 e. The number of aromatic nitrogens is 1. The number of nitrogens with one attached hydrogen (secondary N) is 1. The number of hydrogen-bond acceptors (Lipinski definition) is 6. The molecule has 1 amide bonds. The summed E-state index contributed by atoms with van der Waals surface area (Å²) >= 11 is 6.57. The Morgan fingerprint density at radius 3 is 2.76 bits per heavy atom. The first-order valence-corrected chi connectivity index (χ1v) is 13.2. The molecule has 38 heavy (non-hydrogen) atoms. The summed E-state index contributed by atoms with van der Waals surface area (Å²) in [7, 11) is 0. The van der Waals surface area contributed by atoms with Gasteiger partial charge in [0.15, 0.2) is 6.10 Å². The van der Waals surface area contributed by atoms with E-state index in [1.807, 2.05) is 47.5 Å². The zero-order chi connectivity index (χ0) is 26.1. The molecule has 4 heterocycles. The lowest BCUT2D eigenvalue weighted by Gasteiger charge is -2.34. The molecule has 8 nitrogen and oxygen atoms in total. The van der Waals surface area contributed by atoms with Crippen molar-refractivity contribution in [3.63, 3.8) is 0 Å².